The number of likely N-dealkylation sites (tertiary alicyclic amines) is 1. The van der Waals surface area contributed by atoms with Gasteiger partial charge in [-0.3, -0.25) is 4.79 Å². The molecular formula is C28H35F2N2O2P. The zero-order chi connectivity index (χ0) is 25.4. The fourth-order valence-electron chi connectivity index (χ4n) is 6.09. The van der Waals surface area contributed by atoms with Crippen molar-refractivity contribution in [2.24, 2.45) is 10.8 Å². The minimum absolute atomic E-state index is 0.00944. The van der Waals surface area contributed by atoms with Gasteiger partial charge in [-0.2, -0.15) is 8.78 Å². The van der Waals surface area contributed by atoms with Crippen molar-refractivity contribution < 1.29 is 18.3 Å². The van der Waals surface area contributed by atoms with Crippen LogP contribution in [0.1, 0.15) is 69.3 Å². The van der Waals surface area contributed by atoms with E-state index in [-0.39, 0.29) is 11.7 Å². The molecule has 3 atom stereocenters. The fourth-order valence-corrected chi connectivity index (χ4v) is 6.23. The smallest absolute Gasteiger partial charge is 0.408 e. The second-order valence-electron chi connectivity index (χ2n) is 11.1. The summed E-state index contributed by atoms with van der Waals surface area (Å²) in [7, 11) is 1.32. The van der Waals surface area contributed by atoms with E-state index in [9.17, 15) is 13.6 Å². The first kappa shape index (κ1) is 25.6. The van der Waals surface area contributed by atoms with E-state index in [4.69, 9.17) is 0 Å². The summed E-state index contributed by atoms with van der Waals surface area (Å²) in [6, 6.07) is 14.1. The molecule has 1 amide bonds. The Morgan fingerprint density at radius 1 is 1.11 bits per heavy atom. The summed E-state index contributed by atoms with van der Waals surface area (Å²) in [5.41, 5.74) is 4.18. The highest BCUT2D eigenvalue weighted by molar-refractivity contribution is 7.17. The van der Waals surface area contributed by atoms with Crippen LogP contribution < -0.4 is 10.1 Å². The van der Waals surface area contributed by atoms with E-state index < -0.39 is 5.85 Å². The van der Waals surface area contributed by atoms with E-state index in [0.717, 1.165) is 18.5 Å². The van der Waals surface area contributed by atoms with Crippen LogP contribution in [0.15, 0.2) is 54.6 Å². The molecule has 1 aliphatic heterocycles. The molecule has 2 bridgehead atoms. The summed E-state index contributed by atoms with van der Waals surface area (Å²) in [5, 5.41) is 2.88. The van der Waals surface area contributed by atoms with Gasteiger partial charge in [-0.15, -0.1) is 0 Å². The van der Waals surface area contributed by atoms with Gasteiger partial charge in [-0.1, -0.05) is 45.9 Å². The predicted octanol–water partition coefficient (Wildman–Crippen LogP) is 7.39. The summed E-state index contributed by atoms with van der Waals surface area (Å²) in [6.07, 6.45) is 6.97. The van der Waals surface area contributed by atoms with Crippen LogP contribution >= 0.6 is 9.24 Å². The summed E-state index contributed by atoms with van der Waals surface area (Å²) in [4.78, 5) is 15.2. The number of amides is 1. The Kier molecular flexibility index (Phi) is 6.98. The number of hydrogen-bond acceptors (Lipinski definition) is 3. The van der Waals surface area contributed by atoms with E-state index >= 15 is 0 Å². The Morgan fingerprint density at radius 2 is 1.74 bits per heavy atom. The van der Waals surface area contributed by atoms with Crippen LogP contribution in [0.2, 0.25) is 0 Å². The normalized spacial score (nSPS) is 23.8. The maximum atomic E-state index is 13.0. The molecule has 4 rings (SSSR count). The van der Waals surface area contributed by atoms with Gasteiger partial charge in [0.05, 0.1) is 0 Å². The minimum Gasteiger partial charge on any atom is -0.430 e. The lowest BCUT2D eigenvalue weighted by molar-refractivity contribution is -0.0892. The molecule has 1 aliphatic carbocycles. The Balaban J connectivity index is 1.46. The molecule has 1 saturated carbocycles. The van der Waals surface area contributed by atoms with Crippen molar-refractivity contribution in [1.82, 2.24) is 4.90 Å². The predicted molar refractivity (Wildman–Crippen MR) is 141 cm³/mol. The molecule has 0 spiro atoms. The van der Waals surface area contributed by atoms with Gasteiger partial charge in [-0.05, 0) is 87.7 Å². The quantitative estimate of drug-likeness (QED) is 0.403. The van der Waals surface area contributed by atoms with Crippen molar-refractivity contribution in [1.29, 1.82) is 0 Å². The van der Waals surface area contributed by atoms with Crippen LogP contribution in [0.5, 0.6) is 5.75 Å². The molecule has 0 radical (unpaired) electrons. The van der Waals surface area contributed by atoms with Crippen molar-refractivity contribution in [3.8, 4) is 5.75 Å². The highest BCUT2D eigenvalue weighted by atomic mass is 31.0. The molecule has 1 N–H and O–H groups in total. The average molecular weight is 501 g/mol. The molecule has 3 unspecified atom stereocenters. The number of rotatable bonds is 7. The van der Waals surface area contributed by atoms with E-state index in [1.165, 1.54) is 58.5 Å². The van der Waals surface area contributed by atoms with E-state index in [2.05, 4.69) is 60.9 Å². The van der Waals surface area contributed by atoms with Gasteiger partial charge in [-0.25, -0.2) is 0 Å². The van der Waals surface area contributed by atoms with Crippen molar-refractivity contribution in [3.05, 3.63) is 65.7 Å². The number of nitrogens with zero attached hydrogens (tertiary/aromatic N) is 1. The monoisotopic (exact) mass is 500 g/mol. The Morgan fingerprint density at radius 3 is 2.34 bits per heavy atom. The number of carbonyl (C=O) groups excluding carboxylic acids is 1. The van der Waals surface area contributed by atoms with Crippen LogP contribution in [0.4, 0.5) is 14.5 Å². The van der Waals surface area contributed by atoms with Crippen LogP contribution in [-0.4, -0.2) is 29.2 Å². The van der Waals surface area contributed by atoms with E-state index in [1.807, 2.05) is 12.1 Å². The Hall–Kier alpha value is -2.46. The molecule has 1 saturated heterocycles. The zero-order valence-corrected chi connectivity index (χ0v) is 22.1. The number of benzene rings is 2. The number of fused-ring (bicyclic) bond motifs is 2. The van der Waals surface area contributed by atoms with Gasteiger partial charge < -0.3 is 15.0 Å². The summed E-state index contributed by atoms with van der Waals surface area (Å²) < 4.78 is 30.4. The lowest BCUT2D eigenvalue weighted by Crippen LogP contribution is -2.34. The van der Waals surface area contributed by atoms with E-state index in [1.54, 1.807) is 0 Å². The standard InChI is InChI=1S/C28H35F2N2O2P/c1-5-6-24(32-18-27(4)16-22(32)15-26(2,3)17-27)19-7-11-21(12-8-19)31-25(33)20-9-13-23(14-10-20)34-28(29,30)35/h6-14,22H,5,15-18,35H2,1-4H3,(H,31,33)/b24-6+. The largest absolute Gasteiger partial charge is 0.430 e. The molecule has 0 aromatic heterocycles. The molecule has 188 valence electrons. The number of carbonyl (C=O) groups is 1. The molecule has 4 nitrogen and oxygen atoms in total. The van der Waals surface area contributed by atoms with Crippen molar-refractivity contribution in [2.45, 2.75) is 65.3 Å². The molecule has 1 heterocycles. The third kappa shape index (κ3) is 6.22. The first-order valence-corrected chi connectivity index (χ1v) is 12.8. The number of allylic oxidation sites excluding steroid dienone is 1. The van der Waals surface area contributed by atoms with Crippen LogP contribution in [0.25, 0.3) is 5.70 Å². The first-order valence-electron chi connectivity index (χ1n) is 12.2. The van der Waals surface area contributed by atoms with Crippen molar-refractivity contribution in [2.75, 3.05) is 11.9 Å². The molecule has 35 heavy (non-hydrogen) atoms. The molecule has 2 fully saturated rings. The lowest BCUT2D eigenvalue weighted by atomic mass is 9.65. The Bertz CT molecular complexity index is 1090. The number of nitrogens with one attached hydrogen (secondary N) is 1. The van der Waals surface area contributed by atoms with Gasteiger partial charge in [0, 0.05) is 29.5 Å². The topological polar surface area (TPSA) is 41.6 Å². The van der Waals surface area contributed by atoms with Crippen LogP contribution in [0, 0.1) is 10.8 Å². The molecule has 2 aliphatic rings. The molecule has 2 aromatic rings. The van der Waals surface area contributed by atoms with Crippen molar-refractivity contribution >= 4 is 26.5 Å². The third-order valence-corrected chi connectivity index (χ3v) is 7.05. The highest BCUT2D eigenvalue weighted by Gasteiger charge is 2.50. The number of ether oxygens (including phenoxy) is 1. The van der Waals surface area contributed by atoms with Gasteiger partial charge in [0.15, 0.2) is 0 Å². The van der Waals surface area contributed by atoms with E-state index in [0.29, 0.717) is 28.1 Å². The minimum atomic E-state index is -3.35. The number of hydrogen-bond donors (Lipinski definition) is 1. The molecular weight excluding hydrogens is 465 g/mol. The van der Waals surface area contributed by atoms with Gasteiger partial charge >= 0.3 is 5.85 Å². The summed E-state index contributed by atoms with van der Waals surface area (Å²) in [5.74, 6) is -3.67. The highest BCUT2D eigenvalue weighted by Crippen LogP contribution is 2.54. The summed E-state index contributed by atoms with van der Waals surface area (Å²) >= 11 is 0. The maximum absolute atomic E-state index is 13.0. The van der Waals surface area contributed by atoms with Gasteiger partial charge in [0.2, 0.25) is 0 Å². The maximum Gasteiger partial charge on any atom is 0.408 e. The van der Waals surface area contributed by atoms with Gasteiger partial charge in [0.25, 0.3) is 5.91 Å². The first-order chi connectivity index (χ1) is 16.4. The average Bonchev–Trinajstić information content (AvgIpc) is 3.00. The van der Waals surface area contributed by atoms with Crippen molar-refractivity contribution in [3.63, 3.8) is 0 Å². The fraction of sp³-hybridized carbons (Fsp3) is 0.464. The second-order valence-corrected chi connectivity index (χ2v) is 11.7. The molecule has 7 heteroatoms. The van der Waals surface area contributed by atoms with Crippen LogP contribution in [-0.2, 0) is 0 Å². The Labute approximate surface area is 209 Å². The van der Waals surface area contributed by atoms with Crippen LogP contribution in [0.3, 0.4) is 0 Å². The molecule has 2 aromatic carbocycles. The second kappa shape index (κ2) is 9.54. The lowest BCUT2D eigenvalue weighted by Gasteiger charge is -2.39. The van der Waals surface area contributed by atoms with Gasteiger partial charge in [0.1, 0.15) is 5.75 Å². The zero-order valence-electron chi connectivity index (χ0n) is 20.9. The number of alkyl halides is 2. The summed E-state index contributed by atoms with van der Waals surface area (Å²) in [6.45, 7) is 10.4. The SMILES string of the molecule is CC/C=C(\c1ccc(NC(=O)c2ccc(OC(F)(F)P)cc2)cc1)N1CC2(C)CC1CC(C)(C)C2. The third-order valence-electron chi connectivity index (χ3n) is 6.93. The number of halogens is 2. The number of anilines is 1.